The molecule has 16 heavy (non-hydrogen) atoms. The van der Waals surface area contributed by atoms with Crippen LogP contribution in [0.15, 0.2) is 24.3 Å². The molecule has 3 nitrogen and oxygen atoms in total. The summed E-state index contributed by atoms with van der Waals surface area (Å²) in [6.07, 6.45) is -5.17. The van der Waals surface area contributed by atoms with Crippen LogP contribution in [0.25, 0.3) is 0 Å². The number of benzene rings is 1. The molecule has 90 valence electrons. The zero-order valence-electron chi connectivity index (χ0n) is 8.37. The number of alkyl halides is 3. The van der Waals surface area contributed by atoms with E-state index in [1.54, 1.807) is 0 Å². The van der Waals surface area contributed by atoms with Gasteiger partial charge in [-0.05, 0) is 24.3 Å². The summed E-state index contributed by atoms with van der Waals surface area (Å²) in [5.41, 5.74) is 4.40. The van der Waals surface area contributed by atoms with Crippen molar-refractivity contribution >= 4 is 0 Å². The lowest BCUT2D eigenvalue weighted by molar-refractivity contribution is -0.137. The molecule has 0 spiro atoms. The molecule has 0 unspecified atom stereocenters. The molecule has 1 aromatic rings. The molecular weight excluding hydrogens is 223 g/mol. The fourth-order valence-corrected chi connectivity index (χ4v) is 1.00. The number of aliphatic hydroxyl groups is 1. The maximum atomic E-state index is 12.2. The van der Waals surface area contributed by atoms with Crippen LogP contribution < -0.4 is 10.5 Å². The van der Waals surface area contributed by atoms with E-state index in [4.69, 9.17) is 15.6 Å². The minimum Gasteiger partial charge on any atom is -0.491 e. The molecule has 0 aromatic heterocycles. The molecule has 0 saturated carbocycles. The molecule has 0 aliphatic rings. The fourth-order valence-electron chi connectivity index (χ4n) is 1.00. The molecular formula is C10H12F3NO2. The molecule has 0 fully saturated rings. The smallest absolute Gasteiger partial charge is 0.416 e. The average Bonchev–Trinajstić information content (AvgIpc) is 2.25. The maximum Gasteiger partial charge on any atom is 0.416 e. The van der Waals surface area contributed by atoms with Crippen molar-refractivity contribution in [1.82, 2.24) is 0 Å². The van der Waals surface area contributed by atoms with Gasteiger partial charge in [0.25, 0.3) is 0 Å². The van der Waals surface area contributed by atoms with Crippen molar-refractivity contribution in [2.45, 2.75) is 12.3 Å². The molecule has 0 bridgehead atoms. The van der Waals surface area contributed by atoms with Crippen LogP contribution in [0.5, 0.6) is 5.75 Å². The highest BCUT2D eigenvalue weighted by Crippen LogP contribution is 2.30. The Morgan fingerprint density at radius 1 is 1.25 bits per heavy atom. The summed E-state index contributed by atoms with van der Waals surface area (Å²) >= 11 is 0. The van der Waals surface area contributed by atoms with Crippen LogP contribution in [0, 0.1) is 0 Å². The van der Waals surface area contributed by atoms with Gasteiger partial charge < -0.3 is 15.6 Å². The Bertz CT molecular complexity index is 324. The Morgan fingerprint density at radius 2 is 1.81 bits per heavy atom. The van der Waals surface area contributed by atoms with E-state index < -0.39 is 17.8 Å². The van der Waals surface area contributed by atoms with Gasteiger partial charge in [0, 0.05) is 6.54 Å². The Labute approximate surface area is 90.6 Å². The summed E-state index contributed by atoms with van der Waals surface area (Å²) in [7, 11) is 0. The highest BCUT2D eigenvalue weighted by Gasteiger charge is 2.29. The monoisotopic (exact) mass is 235 g/mol. The topological polar surface area (TPSA) is 55.5 Å². The number of rotatable bonds is 4. The Morgan fingerprint density at radius 3 is 2.25 bits per heavy atom. The minimum atomic E-state index is -4.35. The molecule has 1 aromatic carbocycles. The molecule has 0 amide bonds. The third-order valence-corrected chi connectivity index (χ3v) is 1.90. The molecule has 3 N–H and O–H groups in total. The normalized spacial score (nSPS) is 13.6. The van der Waals surface area contributed by atoms with E-state index in [-0.39, 0.29) is 18.9 Å². The molecule has 0 aliphatic carbocycles. The first kappa shape index (κ1) is 12.8. The number of ether oxygens (including phenoxy) is 1. The van der Waals surface area contributed by atoms with Crippen molar-refractivity contribution in [3.8, 4) is 5.75 Å². The van der Waals surface area contributed by atoms with Gasteiger partial charge in [0.15, 0.2) is 0 Å². The average molecular weight is 235 g/mol. The van der Waals surface area contributed by atoms with Crippen molar-refractivity contribution in [3.05, 3.63) is 29.8 Å². The van der Waals surface area contributed by atoms with E-state index in [1.807, 2.05) is 0 Å². The molecule has 0 heterocycles. The van der Waals surface area contributed by atoms with Gasteiger partial charge in [0.05, 0.1) is 5.56 Å². The van der Waals surface area contributed by atoms with Crippen molar-refractivity contribution in [3.63, 3.8) is 0 Å². The zero-order chi connectivity index (χ0) is 12.2. The van der Waals surface area contributed by atoms with Crippen LogP contribution in [0.2, 0.25) is 0 Å². The molecule has 1 atom stereocenters. The van der Waals surface area contributed by atoms with Gasteiger partial charge in [0.2, 0.25) is 0 Å². The van der Waals surface area contributed by atoms with E-state index in [0.717, 1.165) is 12.1 Å². The third kappa shape index (κ3) is 3.71. The lowest BCUT2D eigenvalue weighted by Gasteiger charge is -2.11. The van der Waals surface area contributed by atoms with Gasteiger partial charge in [-0.2, -0.15) is 13.2 Å². The number of hydrogen-bond acceptors (Lipinski definition) is 3. The van der Waals surface area contributed by atoms with Crippen LogP contribution in [0.3, 0.4) is 0 Å². The zero-order valence-corrected chi connectivity index (χ0v) is 8.37. The van der Waals surface area contributed by atoms with Crippen molar-refractivity contribution in [2.75, 3.05) is 13.2 Å². The van der Waals surface area contributed by atoms with E-state index >= 15 is 0 Å². The van der Waals surface area contributed by atoms with Crippen LogP contribution >= 0.6 is 0 Å². The highest BCUT2D eigenvalue weighted by atomic mass is 19.4. The van der Waals surface area contributed by atoms with E-state index in [1.165, 1.54) is 12.1 Å². The largest absolute Gasteiger partial charge is 0.491 e. The van der Waals surface area contributed by atoms with E-state index in [2.05, 4.69) is 0 Å². The lowest BCUT2D eigenvalue weighted by atomic mass is 10.2. The second kappa shape index (κ2) is 5.18. The van der Waals surface area contributed by atoms with Crippen molar-refractivity contribution < 1.29 is 23.0 Å². The summed E-state index contributed by atoms with van der Waals surface area (Å²) in [6.45, 7) is 0.00248. The van der Waals surface area contributed by atoms with Gasteiger partial charge in [-0.25, -0.2) is 0 Å². The van der Waals surface area contributed by atoms with E-state index in [0.29, 0.717) is 0 Å². The van der Waals surface area contributed by atoms with Crippen LogP contribution in [-0.2, 0) is 6.18 Å². The van der Waals surface area contributed by atoms with E-state index in [9.17, 15) is 13.2 Å². The summed E-state index contributed by atoms with van der Waals surface area (Å²) in [6, 6.07) is 4.24. The molecule has 6 heteroatoms. The van der Waals surface area contributed by atoms with Crippen molar-refractivity contribution in [2.24, 2.45) is 5.73 Å². The second-order valence-electron chi connectivity index (χ2n) is 3.22. The Kier molecular flexibility index (Phi) is 4.14. The minimum absolute atomic E-state index is 0.0398. The first-order chi connectivity index (χ1) is 7.43. The number of nitrogens with two attached hydrogens (primary N) is 1. The summed E-state index contributed by atoms with van der Waals surface area (Å²) in [4.78, 5) is 0. The number of aliphatic hydroxyl groups excluding tert-OH is 1. The van der Waals surface area contributed by atoms with Gasteiger partial charge >= 0.3 is 6.18 Å². The fraction of sp³-hybridized carbons (Fsp3) is 0.400. The second-order valence-corrected chi connectivity index (χ2v) is 3.22. The maximum absolute atomic E-state index is 12.2. The quantitative estimate of drug-likeness (QED) is 0.829. The first-order valence-corrected chi connectivity index (χ1v) is 4.61. The number of hydrogen-bond donors (Lipinski definition) is 2. The number of halogens is 3. The van der Waals surface area contributed by atoms with Gasteiger partial charge in [-0.15, -0.1) is 0 Å². The summed E-state index contributed by atoms with van der Waals surface area (Å²) < 4.78 is 41.6. The van der Waals surface area contributed by atoms with Crippen molar-refractivity contribution in [1.29, 1.82) is 0 Å². The highest BCUT2D eigenvalue weighted by molar-refractivity contribution is 5.28. The predicted molar refractivity (Wildman–Crippen MR) is 52.0 cm³/mol. The Hall–Kier alpha value is -1.27. The summed E-state index contributed by atoms with van der Waals surface area (Å²) in [5.74, 6) is 0.264. The van der Waals surface area contributed by atoms with Gasteiger partial charge in [-0.1, -0.05) is 0 Å². The predicted octanol–water partition coefficient (Wildman–Crippen LogP) is 1.40. The van der Waals surface area contributed by atoms with Crippen LogP contribution in [0.1, 0.15) is 5.56 Å². The lowest BCUT2D eigenvalue weighted by Crippen LogP contribution is -2.26. The molecule has 0 saturated heterocycles. The molecule has 0 aliphatic heterocycles. The standard InChI is InChI=1S/C10H12F3NO2/c11-10(12,13)7-1-3-9(4-2-7)16-6-8(15)5-14/h1-4,8,15H,5-6,14H2/t8-/m0/s1. The molecule has 1 rings (SSSR count). The summed E-state index contributed by atoms with van der Waals surface area (Å²) in [5, 5.41) is 9.07. The van der Waals surface area contributed by atoms with Gasteiger partial charge in [0.1, 0.15) is 18.5 Å². The Balaban J connectivity index is 2.58. The van der Waals surface area contributed by atoms with Crippen LogP contribution in [0.4, 0.5) is 13.2 Å². The SMILES string of the molecule is NC[C@H](O)COc1ccc(C(F)(F)F)cc1. The molecule has 0 radical (unpaired) electrons. The first-order valence-electron chi connectivity index (χ1n) is 4.61. The third-order valence-electron chi connectivity index (χ3n) is 1.90. The van der Waals surface area contributed by atoms with Gasteiger partial charge in [-0.3, -0.25) is 0 Å². The van der Waals surface area contributed by atoms with Crippen LogP contribution in [-0.4, -0.2) is 24.4 Å².